The number of alkyl halides is 3. The molecule has 10 heteroatoms. The molecule has 0 saturated carbocycles. The second-order valence-corrected chi connectivity index (χ2v) is 12.6. The Labute approximate surface area is 203 Å². The van der Waals surface area contributed by atoms with Crippen LogP contribution in [0.2, 0.25) is 0 Å². The molecule has 3 saturated heterocycles. The van der Waals surface area contributed by atoms with Crippen molar-refractivity contribution in [2.75, 3.05) is 32.9 Å². The zero-order chi connectivity index (χ0) is 24.9. The Hall–Kier alpha value is -2.01. The number of ether oxygens (including phenoxy) is 2. The molecule has 5 rings (SSSR count). The normalized spacial score (nSPS) is 29.0. The molecular weight excluding hydrogens is 481 g/mol. The van der Waals surface area contributed by atoms with Crippen molar-refractivity contribution >= 4 is 9.84 Å². The van der Waals surface area contributed by atoms with Crippen LogP contribution in [0.5, 0.6) is 0 Å². The smallest absolute Gasteiger partial charge is 0.380 e. The summed E-state index contributed by atoms with van der Waals surface area (Å²) in [5.41, 5.74) is 0.671. The Morgan fingerprint density at radius 3 is 2.54 bits per heavy atom. The van der Waals surface area contributed by atoms with E-state index in [-0.39, 0.29) is 35.7 Å². The maximum atomic E-state index is 13.5. The van der Waals surface area contributed by atoms with Crippen molar-refractivity contribution in [1.29, 1.82) is 0 Å². The number of aromatic nitrogens is 1. The van der Waals surface area contributed by atoms with Gasteiger partial charge in [0.1, 0.15) is 6.10 Å². The second kappa shape index (κ2) is 8.83. The Morgan fingerprint density at radius 2 is 1.83 bits per heavy atom. The third-order valence-electron chi connectivity index (χ3n) is 7.83. The zero-order valence-corrected chi connectivity index (χ0v) is 20.3. The molecule has 1 spiro atoms. The van der Waals surface area contributed by atoms with E-state index in [0.29, 0.717) is 18.9 Å². The van der Waals surface area contributed by atoms with Gasteiger partial charge >= 0.3 is 6.18 Å². The highest BCUT2D eigenvalue weighted by Gasteiger charge is 2.49. The van der Waals surface area contributed by atoms with Crippen LogP contribution in [-0.4, -0.2) is 51.1 Å². The van der Waals surface area contributed by atoms with Crippen molar-refractivity contribution in [2.24, 2.45) is 5.41 Å². The summed E-state index contributed by atoms with van der Waals surface area (Å²) < 4.78 is 76.9. The zero-order valence-electron chi connectivity index (χ0n) is 19.5. The maximum absolute atomic E-state index is 13.5. The van der Waals surface area contributed by atoms with Crippen LogP contribution in [0.25, 0.3) is 0 Å². The molecule has 190 valence electrons. The van der Waals surface area contributed by atoms with Gasteiger partial charge in [0.2, 0.25) is 0 Å². The minimum Gasteiger partial charge on any atom is -0.380 e. The van der Waals surface area contributed by atoms with Crippen molar-refractivity contribution < 1.29 is 31.1 Å². The van der Waals surface area contributed by atoms with Crippen molar-refractivity contribution in [1.82, 2.24) is 10.3 Å². The molecule has 1 aromatic heterocycles. The van der Waals surface area contributed by atoms with E-state index >= 15 is 0 Å². The van der Waals surface area contributed by atoms with Crippen molar-refractivity contribution in [2.45, 2.75) is 54.0 Å². The molecule has 0 bridgehead atoms. The molecule has 2 aromatic rings. The molecular formula is C25H29F3N2O4S. The van der Waals surface area contributed by atoms with Gasteiger partial charge in [0.05, 0.1) is 34.1 Å². The van der Waals surface area contributed by atoms with Crippen LogP contribution in [0.15, 0.2) is 47.4 Å². The third-order valence-corrected chi connectivity index (χ3v) is 10.4. The SMILES string of the molecule is CC1(S(=O)(=O)c2cccc(C(F)(F)F)c2)CCOC(c2cccc(C3CNCCC34COC4)n2)C1. The van der Waals surface area contributed by atoms with Gasteiger partial charge in [-0.05, 0) is 63.1 Å². The van der Waals surface area contributed by atoms with E-state index in [1.54, 1.807) is 6.92 Å². The standard InChI is InChI=1S/C25H29F3N2O4S/c1-23(35(31,32)18-5-2-4-17(12-18)25(26,27)28)9-11-34-22(13-23)21-7-3-6-20(30-21)19-14-29-10-8-24(19)15-33-16-24/h2-7,12,19,22,29H,8-11,13-16H2,1H3. The Kier molecular flexibility index (Phi) is 6.22. The van der Waals surface area contributed by atoms with Crippen molar-refractivity contribution in [3.8, 4) is 0 Å². The molecule has 1 aromatic carbocycles. The summed E-state index contributed by atoms with van der Waals surface area (Å²) >= 11 is 0. The Balaban J connectivity index is 1.42. The highest BCUT2D eigenvalue weighted by Crippen LogP contribution is 2.47. The minimum absolute atomic E-state index is 0.0750. The second-order valence-electron chi connectivity index (χ2n) is 10.1. The van der Waals surface area contributed by atoms with Crippen LogP contribution in [0.4, 0.5) is 13.2 Å². The summed E-state index contributed by atoms with van der Waals surface area (Å²) in [7, 11) is -4.06. The average molecular weight is 511 g/mol. The Bertz CT molecular complexity index is 1200. The maximum Gasteiger partial charge on any atom is 0.416 e. The van der Waals surface area contributed by atoms with Crippen LogP contribution >= 0.6 is 0 Å². The molecule has 3 aliphatic rings. The lowest BCUT2D eigenvalue weighted by Crippen LogP contribution is -2.55. The predicted molar refractivity (Wildman–Crippen MR) is 123 cm³/mol. The van der Waals surface area contributed by atoms with Gasteiger partial charge in [-0.1, -0.05) is 12.1 Å². The first-order chi connectivity index (χ1) is 16.5. The van der Waals surface area contributed by atoms with E-state index in [1.165, 1.54) is 6.07 Å². The summed E-state index contributed by atoms with van der Waals surface area (Å²) in [6.45, 7) is 4.92. The van der Waals surface area contributed by atoms with Crippen LogP contribution in [0.1, 0.15) is 55.2 Å². The molecule has 3 atom stereocenters. The van der Waals surface area contributed by atoms with Gasteiger partial charge in [-0.25, -0.2) is 8.42 Å². The van der Waals surface area contributed by atoms with Gasteiger partial charge < -0.3 is 14.8 Å². The molecule has 0 aliphatic carbocycles. The number of sulfone groups is 1. The molecule has 6 nitrogen and oxygen atoms in total. The number of pyridine rings is 1. The third kappa shape index (κ3) is 4.39. The van der Waals surface area contributed by atoms with E-state index in [0.717, 1.165) is 43.4 Å². The highest BCUT2D eigenvalue weighted by atomic mass is 32.2. The molecule has 3 aliphatic heterocycles. The first-order valence-electron chi connectivity index (χ1n) is 11.8. The molecule has 0 radical (unpaired) electrons. The molecule has 4 heterocycles. The summed E-state index contributed by atoms with van der Waals surface area (Å²) in [5, 5.41) is 3.44. The van der Waals surface area contributed by atoms with Gasteiger partial charge in [-0.3, -0.25) is 4.98 Å². The van der Waals surface area contributed by atoms with E-state index in [1.807, 2.05) is 18.2 Å². The van der Waals surface area contributed by atoms with E-state index in [9.17, 15) is 21.6 Å². The molecule has 3 fully saturated rings. The summed E-state index contributed by atoms with van der Waals surface area (Å²) in [6, 6.07) is 9.70. The first-order valence-corrected chi connectivity index (χ1v) is 13.3. The van der Waals surface area contributed by atoms with Crippen molar-refractivity contribution in [3.05, 3.63) is 59.4 Å². The number of benzene rings is 1. The van der Waals surface area contributed by atoms with Crippen LogP contribution < -0.4 is 5.32 Å². The van der Waals surface area contributed by atoms with Crippen molar-refractivity contribution in [3.63, 3.8) is 0 Å². The van der Waals surface area contributed by atoms with E-state index in [2.05, 4.69) is 5.32 Å². The lowest BCUT2D eigenvalue weighted by atomic mass is 9.67. The quantitative estimate of drug-likeness (QED) is 0.662. The highest BCUT2D eigenvalue weighted by molar-refractivity contribution is 7.92. The predicted octanol–water partition coefficient (Wildman–Crippen LogP) is 4.28. The summed E-state index contributed by atoms with van der Waals surface area (Å²) in [4.78, 5) is 4.58. The summed E-state index contributed by atoms with van der Waals surface area (Å²) in [6.07, 6.45) is -3.88. The minimum atomic E-state index is -4.62. The number of nitrogens with one attached hydrogen (secondary N) is 1. The van der Waals surface area contributed by atoms with E-state index < -0.39 is 32.4 Å². The van der Waals surface area contributed by atoms with Crippen LogP contribution in [0.3, 0.4) is 0 Å². The average Bonchev–Trinajstić information content (AvgIpc) is 2.82. The number of piperidine rings is 1. The fourth-order valence-corrected chi connectivity index (χ4v) is 7.30. The van der Waals surface area contributed by atoms with E-state index in [4.69, 9.17) is 14.5 Å². The monoisotopic (exact) mass is 510 g/mol. The molecule has 1 N–H and O–H groups in total. The lowest BCUT2D eigenvalue weighted by Gasteiger charge is -2.50. The number of hydrogen-bond acceptors (Lipinski definition) is 6. The molecule has 35 heavy (non-hydrogen) atoms. The molecule has 3 unspecified atom stereocenters. The fourth-order valence-electron chi connectivity index (χ4n) is 5.47. The Morgan fingerprint density at radius 1 is 1.09 bits per heavy atom. The van der Waals surface area contributed by atoms with Gasteiger partial charge in [-0.15, -0.1) is 0 Å². The van der Waals surface area contributed by atoms with Gasteiger partial charge in [0, 0.05) is 30.2 Å². The fraction of sp³-hybridized carbons (Fsp3) is 0.560. The largest absolute Gasteiger partial charge is 0.416 e. The lowest BCUT2D eigenvalue weighted by molar-refractivity contribution is -0.139. The van der Waals surface area contributed by atoms with Gasteiger partial charge in [0.25, 0.3) is 0 Å². The number of nitrogens with zero attached hydrogens (tertiary/aromatic N) is 1. The van der Waals surface area contributed by atoms with Crippen LogP contribution in [-0.2, 0) is 25.5 Å². The van der Waals surface area contributed by atoms with Crippen LogP contribution in [0, 0.1) is 5.41 Å². The molecule has 0 amide bonds. The number of rotatable bonds is 4. The summed E-state index contributed by atoms with van der Waals surface area (Å²) in [5.74, 6) is 0.189. The topological polar surface area (TPSA) is 77.5 Å². The first kappa shape index (κ1) is 24.7. The van der Waals surface area contributed by atoms with Gasteiger partial charge in [0.15, 0.2) is 9.84 Å². The van der Waals surface area contributed by atoms with Gasteiger partial charge in [-0.2, -0.15) is 13.2 Å². The number of hydrogen-bond donors (Lipinski definition) is 1. The number of halogens is 3.